The highest BCUT2D eigenvalue weighted by Crippen LogP contribution is 2.43. The Hall–Kier alpha value is -4.39. The zero-order valence-corrected chi connectivity index (χ0v) is 20.4. The number of ketones is 1. The zero-order chi connectivity index (χ0) is 25.8. The average Bonchev–Trinajstić information content (AvgIpc) is 3.17. The van der Waals surface area contributed by atoms with Gasteiger partial charge in [0.2, 0.25) is 0 Å². The number of aliphatic hydroxyl groups excluding tert-OH is 1. The van der Waals surface area contributed by atoms with E-state index in [9.17, 15) is 19.5 Å². The second-order valence-electron chi connectivity index (χ2n) is 8.47. The Balaban J connectivity index is 1.85. The fourth-order valence-electron chi connectivity index (χ4n) is 4.24. The molecule has 1 aliphatic rings. The van der Waals surface area contributed by atoms with Gasteiger partial charge < -0.3 is 14.6 Å². The highest BCUT2D eigenvalue weighted by Gasteiger charge is 2.47. The maximum atomic E-state index is 13.3. The molecule has 1 N–H and O–H groups in total. The number of nitrogens with zero attached hydrogens (tertiary/aromatic N) is 1. The normalized spacial score (nSPS) is 16.8. The van der Waals surface area contributed by atoms with Crippen LogP contribution in [0.25, 0.3) is 5.76 Å². The first-order valence-electron chi connectivity index (χ1n) is 11.7. The Morgan fingerprint density at radius 1 is 1.00 bits per heavy atom. The van der Waals surface area contributed by atoms with Gasteiger partial charge in [-0.15, -0.1) is 0 Å². The van der Waals surface area contributed by atoms with Crippen molar-refractivity contribution >= 4 is 29.1 Å². The van der Waals surface area contributed by atoms with Gasteiger partial charge in [0.15, 0.2) is 0 Å². The molecule has 184 valence electrons. The number of hydrogen-bond acceptors (Lipinski definition) is 6. The van der Waals surface area contributed by atoms with E-state index in [0.717, 1.165) is 5.56 Å². The number of carbonyl (C=O) groups excluding carboxylic acids is 3. The van der Waals surface area contributed by atoms with E-state index in [1.54, 1.807) is 60.7 Å². The average molecular weight is 486 g/mol. The number of aryl methyl sites for hydroxylation is 1. The van der Waals surface area contributed by atoms with Crippen molar-refractivity contribution in [2.75, 3.05) is 18.6 Å². The van der Waals surface area contributed by atoms with Crippen molar-refractivity contribution in [3.8, 4) is 5.75 Å². The summed E-state index contributed by atoms with van der Waals surface area (Å²) in [4.78, 5) is 40.2. The molecular formula is C29H27NO6. The van der Waals surface area contributed by atoms with Gasteiger partial charge in [-0.05, 0) is 55.3 Å². The van der Waals surface area contributed by atoms with Crippen molar-refractivity contribution in [2.45, 2.75) is 26.3 Å². The number of carbonyl (C=O) groups is 3. The number of hydrogen-bond donors (Lipinski definition) is 1. The van der Waals surface area contributed by atoms with Gasteiger partial charge >= 0.3 is 5.97 Å². The minimum Gasteiger partial charge on any atom is -0.507 e. The molecule has 3 aromatic carbocycles. The van der Waals surface area contributed by atoms with E-state index in [0.29, 0.717) is 41.2 Å². The molecule has 0 spiro atoms. The van der Waals surface area contributed by atoms with Gasteiger partial charge in [0.1, 0.15) is 11.5 Å². The van der Waals surface area contributed by atoms with E-state index in [1.165, 1.54) is 12.0 Å². The van der Waals surface area contributed by atoms with Crippen LogP contribution >= 0.6 is 0 Å². The predicted octanol–water partition coefficient (Wildman–Crippen LogP) is 5.20. The molecule has 36 heavy (non-hydrogen) atoms. The number of ether oxygens (including phenoxy) is 2. The van der Waals surface area contributed by atoms with Crippen LogP contribution in [0.1, 0.15) is 46.4 Å². The first-order valence-corrected chi connectivity index (χ1v) is 11.7. The summed E-state index contributed by atoms with van der Waals surface area (Å²) >= 11 is 0. The van der Waals surface area contributed by atoms with Crippen LogP contribution in [0.15, 0.2) is 78.4 Å². The Kier molecular flexibility index (Phi) is 7.20. The molecule has 4 rings (SSSR count). The summed E-state index contributed by atoms with van der Waals surface area (Å²) in [5.41, 5.74) is 2.54. The molecule has 1 unspecified atom stereocenters. The molecule has 0 saturated carbocycles. The monoisotopic (exact) mass is 485 g/mol. The molecular weight excluding hydrogens is 458 g/mol. The highest BCUT2D eigenvalue weighted by atomic mass is 16.5. The third-order valence-corrected chi connectivity index (χ3v) is 5.99. The molecule has 0 aliphatic carbocycles. The van der Waals surface area contributed by atoms with Crippen LogP contribution < -0.4 is 9.64 Å². The number of anilines is 1. The molecule has 0 bridgehead atoms. The molecule has 1 aliphatic heterocycles. The smallest absolute Gasteiger partial charge is 0.338 e. The molecule has 3 aromatic rings. The van der Waals surface area contributed by atoms with E-state index in [2.05, 4.69) is 0 Å². The van der Waals surface area contributed by atoms with E-state index in [-0.39, 0.29) is 11.3 Å². The SMILES string of the molecule is CCCOC(=O)c1ccc(N2C(=O)C(=O)/C(=C(/O)c3cc(C)ccc3OC)C2c2ccccc2)cc1. The van der Waals surface area contributed by atoms with Crippen molar-refractivity contribution in [3.05, 3.63) is 101 Å². The lowest BCUT2D eigenvalue weighted by molar-refractivity contribution is -0.132. The predicted molar refractivity (Wildman–Crippen MR) is 136 cm³/mol. The van der Waals surface area contributed by atoms with Crippen molar-refractivity contribution in [1.82, 2.24) is 0 Å². The third kappa shape index (κ3) is 4.60. The summed E-state index contributed by atoms with van der Waals surface area (Å²) in [6.45, 7) is 4.07. The highest BCUT2D eigenvalue weighted by molar-refractivity contribution is 6.51. The summed E-state index contributed by atoms with van der Waals surface area (Å²) in [5.74, 6) is -1.98. The fraction of sp³-hybridized carbons (Fsp3) is 0.207. The molecule has 7 heteroatoms. The van der Waals surface area contributed by atoms with Crippen LogP contribution in [0.2, 0.25) is 0 Å². The summed E-state index contributed by atoms with van der Waals surface area (Å²) in [6, 6.07) is 19.7. The van der Waals surface area contributed by atoms with Crippen molar-refractivity contribution in [3.63, 3.8) is 0 Å². The molecule has 7 nitrogen and oxygen atoms in total. The standard InChI is InChI=1S/C29H27NO6/c1-4-16-36-29(34)20-11-13-21(14-12-20)30-25(19-8-6-5-7-9-19)24(27(32)28(30)33)26(31)22-17-18(2)10-15-23(22)35-3/h5-15,17,25,31H,4,16H2,1-3H3/b26-24+. The van der Waals surface area contributed by atoms with Gasteiger partial charge in [0.25, 0.3) is 11.7 Å². The van der Waals surface area contributed by atoms with Crippen molar-refractivity contribution in [1.29, 1.82) is 0 Å². The Labute approximate surface area is 209 Å². The third-order valence-electron chi connectivity index (χ3n) is 5.99. The van der Waals surface area contributed by atoms with Crippen molar-refractivity contribution < 1.29 is 29.0 Å². The van der Waals surface area contributed by atoms with Gasteiger partial charge in [0.05, 0.1) is 36.5 Å². The second kappa shape index (κ2) is 10.5. The largest absolute Gasteiger partial charge is 0.507 e. The van der Waals surface area contributed by atoms with E-state index >= 15 is 0 Å². The molecule has 0 radical (unpaired) electrons. The number of rotatable bonds is 7. The molecule has 1 heterocycles. The van der Waals surface area contributed by atoms with Crippen LogP contribution in [0.4, 0.5) is 5.69 Å². The Bertz CT molecular complexity index is 1330. The minimum atomic E-state index is -0.880. The number of amides is 1. The maximum Gasteiger partial charge on any atom is 0.338 e. The number of esters is 1. The second-order valence-corrected chi connectivity index (χ2v) is 8.47. The van der Waals surface area contributed by atoms with Gasteiger partial charge in [0, 0.05) is 5.69 Å². The van der Waals surface area contributed by atoms with E-state index < -0.39 is 23.7 Å². The summed E-state index contributed by atoms with van der Waals surface area (Å²) in [7, 11) is 1.47. The number of benzene rings is 3. The first-order chi connectivity index (χ1) is 17.4. The van der Waals surface area contributed by atoms with Crippen molar-refractivity contribution in [2.24, 2.45) is 0 Å². The number of Topliss-reactive ketones (excluding diaryl/α,β-unsaturated/α-hetero) is 1. The maximum absolute atomic E-state index is 13.3. The minimum absolute atomic E-state index is 0.0402. The quantitative estimate of drug-likeness (QED) is 0.214. The molecule has 0 aromatic heterocycles. The van der Waals surface area contributed by atoms with Gasteiger partial charge in [-0.1, -0.05) is 48.9 Å². The summed E-state index contributed by atoms with van der Waals surface area (Å²) in [5, 5.41) is 11.4. The van der Waals surface area contributed by atoms with Crippen LogP contribution in [-0.2, 0) is 14.3 Å². The lowest BCUT2D eigenvalue weighted by Gasteiger charge is -2.25. The topological polar surface area (TPSA) is 93.1 Å². The number of methoxy groups -OCH3 is 1. The zero-order valence-electron chi connectivity index (χ0n) is 20.4. The molecule has 1 fully saturated rings. The van der Waals surface area contributed by atoms with Crippen LogP contribution in [-0.4, -0.2) is 36.5 Å². The fourth-order valence-corrected chi connectivity index (χ4v) is 4.24. The molecule has 1 atom stereocenters. The lowest BCUT2D eigenvalue weighted by Crippen LogP contribution is -2.29. The van der Waals surface area contributed by atoms with Gasteiger partial charge in [-0.2, -0.15) is 0 Å². The lowest BCUT2D eigenvalue weighted by atomic mass is 9.94. The van der Waals surface area contributed by atoms with Crippen LogP contribution in [0.3, 0.4) is 0 Å². The summed E-state index contributed by atoms with van der Waals surface area (Å²) < 4.78 is 10.6. The first kappa shape index (κ1) is 24.7. The van der Waals surface area contributed by atoms with Gasteiger partial charge in [-0.3, -0.25) is 14.5 Å². The van der Waals surface area contributed by atoms with Gasteiger partial charge in [-0.25, -0.2) is 4.79 Å². The Morgan fingerprint density at radius 2 is 1.69 bits per heavy atom. The van der Waals surface area contributed by atoms with E-state index in [4.69, 9.17) is 9.47 Å². The molecule has 1 amide bonds. The number of aliphatic hydroxyl groups is 1. The van der Waals surface area contributed by atoms with Crippen LogP contribution in [0, 0.1) is 6.92 Å². The Morgan fingerprint density at radius 3 is 2.33 bits per heavy atom. The van der Waals surface area contributed by atoms with E-state index in [1.807, 2.05) is 26.0 Å². The molecule has 1 saturated heterocycles. The summed E-state index contributed by atoms with van der Waals surface area (Å²) in [6.07, 6.45) is 0.706. The van der Waals surface area contributed by atoms with Crippen LogP contribution in [0.5, 0.6) is 5.75 Å².